The zero-order chi connectivity index (χ0) is 18.8. The monoisotopic (exact) mass is 379 g/mol. The predicted molar refractivity (Wildman–Crippen MR) is 112 cm³/mol. The van der Waals surface area contributed by atoms with E-state index in [4.69, 9.17) is 4.98 Å². The van der Waals surface area contributed by atoms with Crippen LogP contribution in [-0.4, -0.2) is 28.9 Å². The smallest absolute Gasteiger partial charge is 0.238 e. The first-order valence-electron chi connectivity index (χ1n) is 9.60. The van der Waals surface area contributed by atoms with Crippen LogP contribution in [0.2, 0.25) is 0 Å². The number of thiazole rings is 1. The zero-order valence-electron chi connectivity index (χ0n) is 15.8. The molecule has 2 heterocycles. The highest BCUT2D eigenvalue weighted by Crippen LogP contribution is 2.36. The largest absolute Gasteiger partial charge is 0.325 e. The summed E-state index contributed by atoms with van der Waals surface area (Å²) in [7, 11) is 0. The number of benzene rings is 2. The van der Waals surface area contributed by atoms with E-state index >= 15 is 0 Å². The molecule has 2 aromatic carbocycles. The second kappa shape index (κ2) is 7.79. The van der Waals surface area contributed by atoms with Gasteiger partial charge < -0.3 is 5.32 Å². The number of rotatable bonds is 5. The molecule has 0 radical (unpaired) electrons. The molecule has 1 aromatic heterocycles. The minimum Gasteiger partial charge on any atom is -0.325 e. The van der Waals surface area contributed by atoms with E-state index in [1.54, 1.807) is 11.3 Å². The van der Waals surface area contributed by atoms with E-state index in [1.165, 1.54) is 10.3 Å². The summed E-state index contributed by atoms with van der Waals surface area (Å²) in [6.45, 7) is 5.65. The summed E-state index contributed by atoms with van der Waals surface area (Å²) in [5, 5.41) is 4.25. The first kappa shape index (κ1) is 18.1. The molecule has 0 spiro atoms. The quantitative estimate of drug-likeness (QED) is 0.663. The number of amides is 1. The maximum Gasteiger partial charge on any atom is 0.238 e. The number of likely N-dealkylation sites (tertiary alicyclic amines) is 1. The van der Waals surface area contributed by atoms with Gasteiger partial charge in [0.05, 0.1) is 22.8 Å². The number of aromatic nitrogens is 1. The minimum absolute atomic E-state index is 0.0520. The van der Waals surface area contributed by atoms with Gasteiger partial charge in [-0.15, -0.1) is 11.3 Å². The maximum absolute atomic E-state index is 12.7. The third kappa shape index (κ3) is 3.89. The number of hydrogen-bond donors (Lipinski definition) is 1. The summed E-state index contributed by atoms with van der Waals surface area (Å²) >= 11 is 1.75. The minimum atomic E-state index is 0.0520. The Morgan fingerprint density at radius 1 is 1.22 bits per heavy atom. The zero-order valence-corrected chi connectivity index (χ0v) is 16.6. The molecule has 140 valence electrons. The average Bonchev–Trinajstić information content (AvgIpc) is 3.28. The summed E-state index contributed by atoms with van der Waals surface area (Å²) < 4.78 is 1.22. The van der Waals surface area contributed by atoms with Crippen LogP contribution >= 0.6 is 11.3 Å². The Bertz CT molecular complexity index is 916. The van der Waals surface area contributed by atoms with E-state index in [1.807, 2.05) is 24.3 Å². The fraction of sp³-hybridized carbons (Fsp3) is 0.364. The number of anilines is 1. The van der Waals surface area contributed by atoms with Gasteiger partial charge in [0, 0.05) is 5.69 Å². The van der Waals surface area contributed by atoms with Crippen molar-refractivity contribution in [3.63, 3.8) is 0 Å². The second-order valence-electron chi connectivity index (χ2n) is 7.44. The molecule has 1 amide bonds. The summed E-state index contributed by atoms with van der Waals surface area (Å²) in [6.07, 6.45) is 2.17. The Kier molecular flexibility index (Phi) is 5.23. The van der Waals surface area contributed by atoms with Crippen molar-refractivity contribution in [3.05, 3.63) is 59.1 Å². The van der Waals surface area contributed by atoms with E-state index < -0.39 is 0 Å². The third-order valence-corrected chi connectivity index (χ3v) is 6.30. The Balaban J connectivity index is 1.47. The van der Waals surface area contributed by atoms with E-state index in [2.05, 4.69) is 48.3 Å². The van der Waals surface area contributed by atoms with E-state index in [9.17, 15) is 4.79 Å². The Labute approximate surface area is 164 Å². The van der Waals surface area contributed by atoms with Crippen molar-refractivity contribution in [2.75, 3.05) is 18.4 Å². The van der Waals surface area contributed by atoms with Gasteiger partial charge in [-0.1, -0.05) is 44.2 Å². The first-order valence-corrected chi connectivity index (χ1v) is 10.4. The van der Waals surface area contributed by atoms with Gasteiger partial charge in [0.2, 0.25) is 5.91 Å². The number of fused-ring (bicyclic) bond motifs is 1. The molecule has 1 N–H and O–H groups in total. The molecular formula is C22H25N3OS. The Morgan fingerprint density at radius 3 is 2.81 bits per heavy atom. The van der Waals surface area contributed by atoms with Crippen molar-refractivity contribution in [2.45, 2.75) is 38.6 Å². The molecule has 1 aliphatic rings. The van der Waals surface area contributed by atoms with Gasteiger partial charge in [-0.3, -0.25) is 9.69 Å². The van der Waals surface area contributed by atoms with Crippen LogP contribution in [0.15, 0.2) is 48.5 Å². The molecule has 1 aliphatic heterocycles. The van der Waals surface area contributed by atoms with E-state index in [0.29, 0.717) is 12.5 Å². The highest BCUT2D eigenvalue weighted by atomic mass is 32.1. The van der Waals surface area contributed by atoms with Crippen molar-refractivity contribution in [3.8, 4) is 0 Å². The van der Waals surface area contributed by atoms with Crippen molar-refractivity contribution in [1.82, 2.24) is 9.88 Å². The third-order valence-electron chi connectivity index (χ3n) is 5.16. The average molecular weight is 380 g/mol. The second-order valence-corrected chi connectivity index (χ2v) is 8.50. The van der Waals surface area contributed by atoms with Crippen molar-refractivity contribution < 1.29 is 4.79 Å². The highest BCUT2D eigenvalue weighted by molar-refractivity contribution is 7.18. The molecule has 1 atom stereocenters. The topological polar surface area (TPSA) is 45.2 Å². The molecule has 3 aromatic rings. The summed E-state index contributed by atoms with van der Waals surface area (Å²) in [6, 6.07) is 16.6. The van der Waals surface area contributed by atoms with E-state index in [0.717, 1.165) is 35.6 Å². The summed E-state index contributed by atoms with van der Waals surface area (Å²) in [5.41, 5.74) is 3.16. The molecule has 0 bridgehead atoms. The van der Waals surface area contributed by atoms with Gasteiger partial charge in [-0.05, 0) is 49.1 Å². The molecular weight excluding hydrogens is 354 g/mol. The molecule has 4 rings (SSSR count). The van der Waals surface area contributed by atoms with Crippen LogP contribution in [0.1, 0.15) is 49.2 Å². The lowest BCUT2D eigenvalue weighted by molar-refractivity contribution is -0.117. The molecule has 0 aliphatic carbocycles. The lowest BCUT2D eigenvalue weighted by Gasteiger charge is -2.22. The molecule has 1 unspecified atom stereocenters. The number of carbonyl (C=O) groups excluding carboxylic acids is 1. The first-order chi connectivity index (χ1) is 13.1. The molecule has 1 fully saturated rings. The van der Waals surface area contributed by atoms with Crippen molar-refractivity contribution in [2.24, 2.45) is 0 Å². The van der Waals surface area contributed by atoms with Crippen LogP contribution in [0.3, 0.4) is 0 Å². The Hall–Kier alpha value is -2.24. The summed E-state index contributed by atoms with van der Waals surface area (Å²) in [4.78, 5) is 19.8. The van der Waals surface area contributed by atoms with Crippen LogP contribution in [0.25, 0.3) is 10.2 Å². The van der Waals surface area contributed by atoms with Crippen LogP contribution in [-0.2, 0) is 4.79 Å². The molecule has 5 heteroatoms. The van der Waals surface area contributed by atoms with Crippen LogP contribution in [0.4, 0.5) is 5.69 Å². The van der Waals surface area contributed by atoms with Gasteiger partial charge in [0.25, 0.3) is 0 Å². The van der Waals surface area contributed by atoms with Gasteiger partial charge >= 0.3 is 0 Å². The SMILES string of the molecule is CC(C)c1ccccc1NC(=O)CN1CCCC1c1nc2ccccc2s1. The molecule has 1 saturated heterocycles. The highest BCUT2D eigenvalue weighted by Gasteiger charge is 2.30. The number of hydrogen-bond acceptors (Lipinski definition) is 4. The van der Waals surface area contributed by atoms with Gasteiger partial charge in [-0.25, -0.2) is 4.98 Å². The van der Waals surface area contributed by atoms with E-state index in [-0.39, 0.29) is 11.9 Å². The standard InChI is InChI=1S/C22H25N3OS/c1-15(2)16-8-3-4-9-17(16)23-21(26)14-25-13-7-11-19(25)22-24-18-10-5-6-12-20(18)27-22/h3-6,8-10,12,15,19H,7,11,13-14H2,1-2H3,(H,23,26). The summed E-state index contributed by atoms with van der Waals surface area (Å²) in [5.74, 6) is 0.430. The van der Waals surface area contributed by atoms with Gasteiger partial charge in [0.1, 0.15) is 5.01 Å². The van der Waals surface area contributed by atoms with Gasteiger partial charge in [0.15, 0.2) is 0 Å². The molecule has 4 nitrogen and oxygen atoms in total. The molecule has 27 heavy (non-hydrogen) atoms. The fourth-order valence-electron chi connectivity index (χ4n) is 3.82. The number of carbonyl (C=O) groups is 1. The normalized spacial score (nSPS) is 17.7. The maximum atomic E-state index is 12.7. The lowest BCUT2D eigenvalue weighted by Crippen LogP contribution is -2.33. The van der Waals surface area contributed by atoms with Crippen LogP contribution in [0.5, 0.6) is 0 Å². The van der Waals surface area contributed by atoms with Crippen molar-refractivity contribution >= 4 is 33.1 Å². The number of para-hydroxylation sites is 2. The Morgan fingerprint density at radius 2 is 2.00 bits per heavy atom. The van der Waals surface area contributed by atoms with Gasteiger partial charge in [-0.2, -0.15) is 0 Å². The fourth-order valence-corrected chi connectivity index (χ4v) is 4.95. The lowest BCUT2D eigenvalue weighted by atomic mass is 10.0. The molecule has 0 saturated carbocycles. The van der Waals surface area contributed by atoms with Crippen LogP contribution < -0.4 is 5.32 Å². The van der Waals surface area contributed by atoms with Crippen LogP contribution in [0, 0.1) is 0 Å². The van der Waals surface area contributed by atoms with Crippen molar-refractivity contribution in [1.29, 1.82) is 0 Å². The number of nitrogens with zero attached hydrogens (tertiary/aromatic N) is 2. The predicted octanol–water partition coefficient (Wildman–Crippen LogP) is 5.20. The number of nitrogens with one attached hydrogen (secondary N) is 1.